The smallest absolute Gasteiger partial charge is 0.241 e. The Labute approximate surface area is 148 Å². The molecule has 0 amide bonds. The van der Waals surface area contributed by atoms with Gasteiger partial charge in [-0.3, -0.25) is 4.90 Å². The maximum atomic E-state index is 10.3. The van der Waals surface area contributed by atoms with Gasteiger partial charge in [-0.05, 0) is 54.8 Å². The average molecular weight is 400 g/mol. The van der Waals surface area contributed by atoms with E-state index in [4.69, 9.17) is 4.52 Å². The van der Waals surface area contributed by atoms with Gasteiger partial charge in [0.05, 0.1) is 21.3 Å². The van der Waals surface area contributed by atoms with Gasteiger partial charge < -0.3 is 9.63 Å². The van der Waals surface area contributed by atoms with Crippen LogP contribution in [0.3, 0.4) is 0 Å². The maximum absolute atomic E-state index is 10.3. The Morgan fingerprint density at radius 1 is 1.39 bits per heavy atom. The number of hydrogen-bond acceptors (Lipinski definition) is 6. The number of hydrogen-bond donors (Lipinski definition) is 1. The van der Waals surface area contributed by atoms with Crippen molar-refractivity contribution in [2.75, 3.05) is 0 Å². The number of aliphatic hydroxyl groups excluding tert-OH is 1. The number of nitrogens with zero attached hydrogens (tertiary/aromatic N) is 3. The zero-order chi connectivity index (χ0) is 16.4. The first-order valence-electron chi connectivity index (χ1n) is 8.06. The van der Waals surface area contributed by atoms with Gasteiger partial charge in [-0.25, -0.2) is 0 Å². The van der Waals surface area contributed by atoms with Crippen molar-refractivity contribution in [1.82, 2.24) is 15.0 Å². The van der Waals surface area contributed by atoms with E-state index in [0.717, 1.165) is 27.9 Å². The molecule has 0 aliphatic heterocycles. The predicted octanol–water partition coefficient (Wildman–Crippen LogP) is 4.07. The third kappa shape index (κ3) is 4.02. The van der Waals surface area contributed by atoms with E-state index in [-0.39, 0.29) is 12.1 Å². The van der Waals surface area contributed by atoms with E-state index in [1.165, 1.54) is 6.42 Å². The van der Waals surface area contributed by atoms with E-state index in [0.29, 0.717) is 24.3 Å². The lowest BCUT2D eigenvalue weighted by Gasteiger charge is -2.39. The van der Waals surface area contributed by atoms with Crippen molar-refractivity contribution in [2.45, 2.75) is 64.3 Å². The standard InChI is InChI=1S/C16H22BrN3O2S/c1-10(2)20(11-5-3-4-6-12(11)21)9-15-18-16(19-22-15)13-7-8-14(17)23-13/h7-8,10-12,21H,3-6,9H2,1-2H3/t11-,12-/m0/s1. The van der Waals surface area contributed by atoms with Gasteiger partial charge in [-0.15, -0.1) is 11.3 Å². The first-order valence-corrected chi connectivity index (χ1v) is 9.67. The van der Waals surface area contributed by atoms with Crippen LogP contribution in [0.15, 0.2) is 20.4 Å². The summed E-state index contributed by atoms with van der Waals surface area (Å²) in [5.41, 5.74) is 0. The quantitative estimate of drug-likeness (QED) is 0.820. The highest BCUT2D eigenvalue weighted by Gasteiger charge is 2.31. The van der Waals surface area contributed by atoms with Crippen molar-refractivity contribution in [3.63, 3.8) is 0 Å². The fourth-order valence-corrected chi connectivity index (χ4v) is 4.48. The fraction of sp³-hybridized carbons (Fsp3) is 0.625. The fourth-order valence-electron chi connectivity index (χ4n) is 3.17. The van der Waals surface area contributed by atoms with Gasteiger partial charge in [0.2, 0.25) is 11.7 Å². The molecular weight excluding hydrogens is 378 g/mol. The molecule has 1 aliphatic rings. The summed E-state index contributed by atoms with van der Waals surface area (Å²) >= 11 is 5.04. The van der Waals surface area contributed by atoms with E-state index in [9.17, 15) is 5.11 Å². The second kappa shape index (κ2) is 7.42. The van der Waals surface area contributed by atoms with Gasteiger partial charge >= 0.3 is 0 Å². The van der Waals surface area contributed by atoms with Crippen LogP contribution in [0.25, 0.3) is 10.7 Å². The Balaban J connectivity index is 1.74. The van der Waals surface area contributed by atoms with E-state index in [2.05, 4.69) is 44.8 Å². The Morgan fingerprint density at radius 2 is 2.17 bits per heavy atom. The molecule has 7 heteroatoms. The lowest BCUT2D eigenvalue weighted by atomic mass is 9.90. The molecule has 0 saturated heterocycles. The molecule has 1 fully saturated rings. The van der Waals surface area contributed by atoms with Crippen LogP contribution in [0.1, 0.15) is 45.4 Å². The Bertz CT molecular complexity index is 643. The van der Waals surface area contributed by atoms with Crippen LogP contribution >= 0.6 is 27.3 Å². The first kappa shape index (κ1) is 17.1. The van der Waals surface area contributed by atoms with Crippen molar-refractivity contribution in [1.29, 1.82) is 0 Å². The zero-order valence-electron chi connectivity index (χ0n) is 13.4. The highest BCUT2D eigenvalue weighted by molar-refractivity contribution is 9.11. The van der Waals surface area contributed by atoms with Crippen LogP contribution in [0, 0.1) is 0 Å². The van der Waals surface area contributed by atoms with Gasteiger partial charge in [0.1, 0.15) is 0 Å². The Morgan fingerprint density at radius 3 is 2.83 bits per heavy atom. The summed E-state index contributed by atoms with van der Waals surface area (Å²) in [6.07, 6.45) is 3.93. The second-order valence-corrected chi connectivity index (χ2v) is 8.76. The number of aromatic nitrogens is 2. The van der Waals surface area contributed by atoms with Crippen LogP contribution in [0.2, 0.25) is 0 Å². The monoisotopic (exact) mass is 399 g/mol. The lowest BCUT2D eigenvalue weighted by molar-refractivity contribution is -0.00419. The second-order valence-electron chi connectivity index (χ2n) is 6.30. The normalized spacial score (nSPS) is 22.2. The zero-order valence-corrected chi connectivity index (χ0v) is 15.8. The minimum absolute atomic E-state index is 0.176. The summed E-state index contributed by atoms with van der Waals surface area (Å²) in [4.78, 5) is 7.79. The van der Waals surface area contributed by atoms with E-state index in [1.54, 1.807) is 11.3 Å². The lowest BCUT2D eigenvalue weighted by Crippen LogP contribution is -2.48. The molecule has 0 spiro atoms. The van der Waals surface area contributed by atoms with Crippen LogP contribution in [-0.4, -0.2) is 38.3 Å². The van der Waals surface area contributed by atoms with Crippen LogP contribution in [0.4, 0.5) is 0 Å². The molecule has 0 bridgehead atoms. The van der Waals surface area contributed by atoms with Gasteiger partial charge in [0.15, 0.2) is 0 Å². The van der Waals surface area contributed by atoms with Crippen molar-refractivity contribution in [3.8, 4) is 10.7 Å². The Hall–Kier alpha value is -0.760. The van der Waals surface area contributed by atoms with Crippen LogP contribution in [0.5, 0.6) is 0 Å². The van der Waals surface area contributed by atoms with Crippen molar-refractivity contribution in [2.24, 2.45) is 0 Å². The predicted molar refractivity (Wildman–Crippen MR) is 94.3 cm³/mol. The maximum Gasteiger partial charge on any atom is 0.241 e. The van der Waals surface area contributed by atoms with Crippen molar-refractivity contribution >= 4 is 27.3 Å². The highest BCUT2D eigenvalue weighted by atomic mass is 79.9. The van der Waals surface area contributed by atoms with Gasteiger partial charge in [0, 0.05) is 12.1 Å². The molecule has 0 radical (unpaired) electrons. The molecule has 0 unspecified atom stereocenters. The number of halogens is 1. The molecule has 23 heavy (non-hydrogen) atoms. The van der Waals surface area contributed by atoms with Crippen molar-refractivity contribution < 1.29 is 9.63 Å². The summed E-state index contributed by atoms with van der Waals surface area (Å²) in [6, 6.07) is 4.46. The third-order valence-corrected chi connectivity index (χ3v) is 5.98. The molecule has 1 N–H and O–H groups in total. The van der Waals surface area contributed by atoms with E-state index < -0.39 is 0 Å². The van der Waals surface area contributed by atoms with Gasteiger partial charge in [0.25, 0.3) is 0 Å². The summed E-state index contributed by atoms with van der Waals surface area (Å²) in [7, 11) is 0. The van der Waals surface area contributed by atoms with E-state index >= 15 is 0 Å². The highest BCUT2D eigenvalue weighted by Crippen LogP contribution is 2.30. The number of aliphatic hydroxyl groups is 1. The molecule has 2 atom stereocenters. The van der Waals surface area contributed by atoms with E-state index in [1.807, 2.05) is 12.1 Å². The largest absolute Gasteiger partial charge is 0.391 e. The summed E-state index contributed by atoms with van der Waals surface area (Å²) in [5.74, 6) is 1.24. The topological polar surface area (TPSA) is 62.4 Å². The SMILES string of the molecule is CC(C)N(Cc1nc(-c2ccc(Br)s2)no1)[C@H]1CCCC[C@@H]1O. The third-order valence-electron chi connectivity index (χ3n) is 4.36. The molecule has 2 aromatic heterocycles. The van der Waals surface area contributed by atoms with Gasteiger partial charge in [-0.1, -0.05) is 18.0 Å². The molecule has 1 aliphatic carbocycles. The molecule has 2 heterocycles. The van der Waals surface area contributed by atoms with Crippen molar-refractivity contribution in [3.05, 3.63) is 21.8 Å². The molecule has 5 nitrogen and oxygen atoms in total. The Kier molecular flexibility index (Phi) is 5.51. The minimum atomic E-state index is -0.262. The van der Waals surface area contributed by atoms with Crippen LogP contribution < -0.4 is 0 Å². The molecule has 1 saturated carbocycles. The minimum Gasteiger partial charge on any atom is -0.391 e. The summed E-state index contributed by atoms with van der Waals surface area (Å²) in [6.45, 7) is 4.88. The molecule has 2 aromatic rings. The number of thiophene rings is 1. The average Bonchev–Trinajstić information content (AvgIpc) is 3.14. The molecule has 3 rings (SSSR count). The van der Waals surface area contributed by atoms with Crippen LogP contribution in [-0.2, 0) is 6.54 Å². The summed E-state index contributed by atoms with van der Waals surface area (Å²) in [5, 5.41) is 14.4. The summed E-state index contributed by atoms with van der Waals surface area (Å²) < 4.78 is 6.49. The van der Waals surface area contributed by atoms with Gasteiger partial charge in [-0.2, -0.15) is 4.98 Å². The first-order chi connectivity index (χ1) is 11.0. The molecule has 0 aromatic carbocycles. The number of rotatable bonds is 5. The molecule has 126 valence electrons. The molecular formula is C16H22BrN3O2S.